The molecule has 0 spiro atoms. The lowest BCUT2D eigenvalue weighted by Gasteiger charge is -2.27. The number of benzene rings is 1. The van der Waals surface area contributed by atoms with E-state index in [2.05, 4.69) is 0 Å². The van der Waals surface area contributed by atoms with Gasteiger partial charge in [0.25, 0.3) is 0 Å². The van der Waals surface area contributed by atoms with E-state index in [1.165, 1.54) is 0 Å². The Morgan fingerprint density at radius 3 is 3.05 bits per heavy atom. The summed E-state index contributed by atoms with van der Waals surface area (Å²) in [4.78, 5) is 11.2. The maximum absolute atomic E-state index is 11.2. The smallest absolute Gasteiger partial charge is 0.344 e. The van der Waals surface area contributed by atoms with Crippen LogP contribution < -0.4 is 10.5 Å². The molecule has 0 bridgehead atoms. The van der Waals surface area contributed by atoms with Crippen molar-refractivity contribution in [2.75, 3.05) is 13.2 Å². The first-order valence-electron chi connectivity index (χ1n) is 6.46. The van der Waals surface area contributed by atoms with E-state index in [9.17, 15) is 9.90 Å². The largest absolute Gasteiger partial charge is 0.482 e. The van der Waals surface area contributed by atoms with Gasteiger partial charge in [-0.2, -0.15) is 0 Å². The van der Waals surface area contributed by atoms with Crippen molar-refractivity contribution >= 4 is 5.97 Å². The van der Waals surface area contributed by atoms with Crippen LogP contribution in [0.2, 0.25) is 0 Å². The molecule has 1 aliphatic carbocycles. The molecule has 0 saturated heterocycles. The van der Waals surface area contributed by atoms with E-state index in [1.807, 2.05) is 6.07 Å². The van der Waals surface area contributed by atoms with E-state index in [0.717, 1.165) is 24.0 Å². The van der Waals surface area contributed by atoms with E-state index in [1.54, 1.807) is 19.1 Å². The molecular formula is C14H19NO4. The Bertz CT molecular complexity index is 461. The molecule has 5 heteroatoms. The molecular weight excluding hydrogens is 246 g/mol. The number of rotatable bonds is 4. The fraction of sp³-hybridized carbons (Fsp3) is 0.500. The monoisotopic (exact) mass is 265 g/mol. The molecule has 104 valence electrons. The highest BCUT2D eigenvalue weighted by Crippen LogP contribution is 2.31. The van der Waals surface area contributed by atoms with Crippen molar-refractivity contribution in [3.8, 4) is 5.75 Å². The Kier molecular flexibility index (Phi) is 4.39. The number of esters is 1. The first-order chi connectivity index (χ1) is 9.11. The van der Waals surface area contributed by atoms with Crippen molar-refractivity contribution in [1.82, 2.24) is 0 Å². The maximum atomic E-state index is 11.2. The Labute approximate surface area is 112 Å². The molecule has 0 aromatic heterocycles. The molecule has 0 radical (unpaired) electrons. The summed E-state index contributed by atoms with van der Waals surface area (Å²) >= 11 is 0. The molecule has 1 aliphatic rings. The van der Waals surface area contributed by atoms with E-state index in [4.69, 9.17) is 15.2 Å². The molecule has 19 heavy (non-hydrogen) atoms. The molecule has 2 rings (SSSR count). The van der Waals surface area contributed by atoms with Crippen LogP contribution in [0, 0.1) is 0 Å². The van der Waals surface area contributed by atoms with Crippen molar-refractivity contribution < 1.29 is 19.4 Å². The minimum atomic E-state index is -0.671. The van der Waals surface area contributed by atoms with Crippen LogP contribution in [0.3, 0.4) is 0 Å². The number of nitrogens with two attached hydrogens (primary N) is 1. The first-order valence-corrected chi connectivity index (χ1v) is 6.46. The topological polar surface area (TPSA) is 81.8 Å². The number of aliphatic hydroxyl groups excluding tert-OH is 1. The average Bonchev–Trinajstić information content (AvgIpc) is 2.41. The second-order valence-electron chi connectivity index (χ2n) is 4.60. The number of aliphatic hydroxyl groups is 1. The van der Waals surface area contributed by atoms with Crippen molar-refractivity contribution in [1.29, 1.82) is 0 Å². The second-order valence-corrected chi connectivity index (χ2v) is 4.60. The molecule has 2 atom stereocenters. The third-order valence-electron chi connectivity index (χ3n) is 3.25. The van der Waals surface area contributed by atoms with Gasteiger partial charge >= 0.3 is 5.97 Å². The summed E-state index contributed by atoms with van der Waals surface area (Å²) in [5.74, 6) is 0.137. The molecule has 1 aromatic carbocycles. The summed E-state index contributed by atoms with van der Waals surface area (Å²) in [6.45, 7) is 1.95. The van der Waals surface area contributed by atoms with E-state index in [0.29, 0.717) is 12.4 Å². The predicted molar refractivity (Wildman–Crippen MR) is 69.8 cm³/mol. The van der Waals surface area contributed by atoms with Crippen molar-refractivity contribution in [3.63, 3.8) is 0 Å². The van der Waals surface area contributed by atoms with Crippen molar-refractivity contribution in [2.45, 2.75) is 31.9 Å². The summed E-state index contributed by atoms with van der Waals surface area (Å²) in [6, 6.07) is 5.21. The van der Waals surface area contributed by atoms with Crippen LogP contribution in [-0.4, -0.2) is 30.3 Å². The minimum absolute atomic E-state index is 0.130. The van der Waals surface area contributed by atoms with Crippen molar-refractivity contribution in [2.24, 2.45) is 5.73 Å². The van der Waals surface area contributed by atoms with Crippen LogP contribution in [0.1, 0.15) is 30.6 Å². The van der Waals surface area contributed by atoms with E-state index < -0.39 is 12.1 Å². The van der Waals surface area contributed by atoms with Gasteiger partial charge < -0.3 is 20.3 Å². The Balaban J connectivity index is 2.06. The van der Waals surface area contributed by atoms with Crippen LogP contribution in [-0.2, 0) is 16.0 Å². The van der Waals surface area contributed by atoms with Crippen molar-refractivity contribution in [3.05, 3.63) is 29.3 Å². The van der Waals surface area contributed by atoms with Gasteiger partial charge in [0, 0.05) is 6.04 Å². The Hall–Kier alpha value is -1.59. The van der Waals surface area contributed by atoms with Gasteiger partial charge in [-0.25, -0.2) is 4.79 Å². The summed E-state index contributed by atoms with van der Waals surface area (Å²) in [5, 5.41) is 10.0. The molecule has 5 nitrogen and oxygen atoms in total. The van der Waals surface area contributed by atoms with Gasteiger partial charge in [-0.1, -0.05) is 6.07 Å². The van der Waals surface area contributed by atoms with Gasteiger partial charge in [0.15, 0.2) is 6.61 Å². The van der Waals surface area contributed by atoms with Crippen LogP contribution in [0.5, 0.6) is 5.75 Å². The lowest BCUT2D eigenvalue weighted by Crippen LogP contribution is -2.33. The number of ether oxygens (including phenoxy) is 2. The standard InChI is InChI=1S/C14H19NO4/c1-2-18-13(16)8-19-10-5-3-9-4-6-12(15)14(17)11(9)7-10/h3,5,7,12,14,17H,2,4,6,8,15H2,1H3. The molecule has 0 saturated carbocycles. The average molecular weight is 265 g/mol. The number of carbonyl (C=O) groups is 1. The highest BCUT2D eigenvalue weighted by atomic mass is 16.6. The number of hydrogen-bond acceptors (Lipinski definition) is 5. The second kappa shape index (κ2) is 6.04. The zero-order valence-corrected chi connectivity index (χ0v) is 11.0. The van der Waals surface area contributed by atoms with Gasteiger partial charge in [-0.15, -0.1) is 0 Å². The zero-order valence-electron chi connectivity index (χ0n) is 11.0. The predicted octanol–water partition coefficient (Wildman–Crippen LogP) is 0.935. The SMILES string of the molecule is CCOC(=O)COc1ccc2c(c1)C(O)C(N)CC2. The summed E-state index contributed by atoms with van der Waals surface area (Å²) in [5.41, 5.74) is 7.71. The summed E-state index contributed by atoms with van der Waals surface area (Å²) in [6.07, 6.45) is 0.956. The molecule has 2 unspecified atom stereocenters. The summed E-state index contributed by atoms with van der Waals surface area (Å²) < 4.78 is 10.1. The third kappa shape index (κ3) is 3.24. The van der Waals surface area contributed by atoms with Gasteiger partial charge in [0.2, 0.25) is 0 Å². The van der Waals surface area contributed by atoms with Gasteiger partial charge in [-0.05, 0) is 43.0 Å². The molecule has 1 aromatic rings. The highest BCUT2D eigenvalue weighted by Gasteiger charge is 2.25. The number of aryl methyl sites for hydroxylation is 1. The molecule has 0 fully saturated rings. The molecule has 0 amide bonds. The summed E-state index contributed by atoms with van der Waals surface area (Å²) in [7, 11) is 0. The van der Waals surface area contributed by atoms with Crippen LogP contribution in [0.25, 0.3) is 0 Å². The van der Waals surface area contributed by atoms with Crippen LogP contribution in [0.15, 0.2) is 18.2 Å². The van der Waals surface area contributed by atoms with E-state index in [-0.39, 0.29) is 12.6 Å². The first kappa shape index (κ1) is 13.8. The zero-order chi connectivity index (χ0) is 13.8. The van der Waals surface area contributed by atoms with E-state index >= 15 is 0 Å². The van der Waals surface area contributed by atoms with Crippen LogP contribution in [0.4, 0.5) is 0 Å². The number of carbonyl (C=O) groups excluding carboxylic acids is 1. The highest BCUT2D eigenvalue weighted by molar-refractivity contribution is 5.71. The fourth-order valence-corrected chi connectivity index (χ4v) is 2.22. The van der Waals surface area contributed by atoms with Crippen LogP contribution >= 0.6 is 0 Å². The molecule has 0 heterocycles. The molecule has 3 N–H and O–H groups in total. The maximum Gasteiger partial charge on any atom is 0.344 e. The third-order valence-corrected chi connectivity index (χ3v) is 3.25. The minimum Gasteiger partial charge on any atom is -0.482 e. The quantitative estimate of drug-likeness (QED) is 0.792. The van der Waals surface area contributed by atoms with Gasteiger partial charge in [0.1, 0.15) is 5.75 Å². The normalized spacial score (nSPS) is 21.6. The Morgan fingerprint density at radius 1 is 1.53 bits per heavy atom. The lowest BCUT2D eigenvalue weighted by molar-refractivity contribution is -0.145. The fourth-order valence-electron chi connectivity index (χ4n) is 2.22. The Morgan fingerprint density at radius 2 is 2.32 bits per heavy atom. The number of hydrogen-bond donors (Lipinski definition) is 2. The lowest BCUT2D eigenvalue weighted by atomic mass is 9.86. The molecule has 0 aliphatic heterocycles. The van der Waals surface area contributed by atoms with Gasteiger partial charge in [0.05, 0.1) is 12.7 Å². The number of fused-ring (bicyclic) bond motifs is 1. The van der Waals surface area contributed by atoms with Gasteiger partial charge in [-0.3, -0.25) is 0 Å².